The number of esters is 1. The normalized spacial score (nSPS) is 44.2. The maximum atomic E-state index is 14.5. The van der Waals surface area contributed by atoms with E-state index in [2.05, 4.69) is 20.8 Å². The summed E-state index contributed by atoms with van der Waals surface area (Å²) in [6.07, 6.45) is 5.50. The van der Waals surface area contributed by atoms with Crippen LogP contribution in [0.2, 0.25) is 0 Å². The Hall–Kier alpha value is -1.93. The molecule has 18 atom stereocenters. The number of ether oxygens (including phenoxy) is 6. The van der Waals surface area contributed by atoms with E-state index in [0.717, 1.165) is 6.42 Å². The molecular weight excluding hydrogens is 720 g/mol. The van der Waals surface area contributed by atoms with Gasteiger partial charge in [0.05, 0.1) is 53.7 Å². The number of hydrogen-bond donors (Lipinski definition) is 3. The third-order valence-corrected chi connectivity index (χ3v) is 14.7. The summed E-state index contributed by atoms with van der Waals surface area (Å²) in [6.45, 7) is 20.9. The minimum absolute atomic E-state index is 0.0147. The maximum Gasteiger partial charge on any atom is 0.309 e. The second kappa shape index (κ2) is 17.3. The van der Waals surface area contributed by atoms with Gasteiger partial charge in [-0.2, -0.15) is 0 Å². The van der Waals surface area contributed by atoms with Gasteiger partial charge in [0.1, 0.15) is 5.78 Å². The van der Waals surface area contributed by atoms with Crippen LogP contribution < -0.4 is 0 Å². The summed E-state index contributed by atoms with van der Waals surface area (Å²) < 4.78 is 39.8. The van der Waals surface area contributed by atoms with Crippen molar-refractivity contribution in [1.82, 2.24) is 0 Å². The van der Waals surface area contributed by atoms with E-state index in [1.165, 1.54) is 6.92 Å². The summed E-state index contributed by atoms with van der Waals surface area (Å²) in [4.78, 5) is 38.9. The number of aliphatic carboxylic acids is 1. The van der Waals surface area contributed by atoms with Crippen molar-refractivity contribution in [2.75, 3.05) is 0 Å². The number of carbonyl (C=O) groups excluding carboxylic acids is 2. The van der Waals surface area contributed by atoms with Crippen LogP contribution in [0.5, 0.6) is 0 Å². The Morgan fingerprint density at radius 3 is 2.16 bits per heavy atom. The standard InChI is InChI=1S/C44H72O12/c1-12-31(40(48)49)33-16-15-24(4)38(53-33)28(8)36(46)27(7)37(47)32(13-2)39-25(5)23-26(6)43(54-39)20-18-35(52-30(10)45)44(56-43)22-21-41(11,55-44)34-17-19-42(50,14-3)29(9)51-34/h18,20,24-29,31-36,38-39,46,50H,12-17,19,21-23H2,1-11H3,(H,48,49)/t24-,25-,26+,27-,28-,29-,31+,32-,33+,34+,35+,36+,38+,39-,41-,42+,43-,44-/m0/s1. The van der Waals surface area contributed by atoms with Crippen molar-refractivity contribution in [3.05, 3.63) is 12.2 Å². The lowest BCUT2D eigenvalue weighted by Crippen LogP contribution is -2.63. The van der Waals surface area contributed by atoms with Gasteiger partial charge < -0.3 is 43.7 Å². The molecule has 0 aromatic heterocycles. The van der Waals surface area contributed by atoms with Gasteiger partial charge in [0.2, 0.25) is 5.79 Å². The summed E-state index contributed by atoms with van der Waals surface area (Å²) in [5, 5.41) is 32.7. The monoisotopic (exact) mass is 793 g/mol. The molecule has 4 fully saturated rings. The Balaban J connectivity index is 1.36. The molecule has 12 heteroatoms. The molecule has 0 unspecified atom stereocenters. The fourth-order valence-corrected chi connectivity index (χ4v) is 10.8. The molecule has 5 aliphatic rings. The maximum absolute atomic E-state index is 14.5. The molecule has 2 spiro atoms. The Morgan fingerprint density at radius 2 is 1.57 bits per heavy atom. The highest BCUT2D eigenvalue weighted by molar-refractivity contribution is 5.84. The molecule has 0 amide bonds. The van der Waals surface area contributed by atoms with Crippen LogP contribution in [0.25, 0.3) is 0 Å². The van der Waals surface area contributed by atoms with Crippen LogP contribution in [0, 0.1) is 41.4 Å². The average Bonchev–Trinajstić information content (AvgIpc) is 3.49. The minimum Gasteiger partial charge on any atom is -0.481 e. The molecular formula is C44H72O12. The summed E-state index contributed by atoms with van der Waals surface area (Å²) in [5.41, 5.74) is -1.70. The molecule has 320 valence electrons. The second-order valence-corrected chi connectivity index (χ2v) is 18.5. The van der Waals surface area contributed by atoms with E-state index in [4.69, 9.17) is 28.4 Å². The van der Waals surface area contributed by atoms with E-state index in [1.807, 2.05) is 53.7 Å². The number of carboxylic acids is 1. The number of carboxylic acid groups (broad SMARTS) is 1. The molecule has 0 aliphatic carbocycles. The van der Waals surface area contributed by atoms with Gasteiger partial charge in [-0.1, -0.05) is 55.4 Å². The average molecular weight is 793 g/mol. The lowest BCUT2D eigenvalue weighted by Gasteiger charge is -2.54. The number of hydrogen-bond acceptors (Lipinski definition) is 11. The first-order chi connectivity index (χ1) is 26.2. The predicted octanol–water partition coefficient (Wildman–Crippen LogP) is 6.76. The lowest BCUT2D eigenvalue weighted by atomic mass is 9.72. The van der Waals surface area contributed by atoms with Gasteiger partial charge in [-0.25, -0.2) is 0 Å². The first kappa shape index (κ1) is 45.2. The summed E-state index contributed by atoms with van der Waals surface area (Å²) >= 11 is 0. The first-order valence-electron chi connectivity index (χ1n) is 21.6. The van der Waals surface area contributed by atoms with Crippen molar-refractivity contribution in [3.8, 4) is 0 Å². The van der Waals surface area contributed by atoms with Crippen LogP contribution in [-0.2, 0) is 42.8 Å². The van der Waals surface area contributed by atoms with Crippen LogP contribution in [0.4, 0.5) is 0 Å². The molecule has 12 nitrogen and oxygen atoms in total. The van der Waals surface area contributed by atoms with Gasteiger partial charge in [0, 0.05) is 37.0 Å². The van der Waals surface area contributed by atoms with E-state index < -0.39 is 82.8 Å². The van der Waals surface area contributed by atoms with E-state index in [-0.39, 0.29) is 41.8 Å². The highest BCUT2D eigenvalue weighted by Gasteiger charge is 2.64. The SMILES string of the molecule is CC[C@@H](C(=O)[C@@H](C)[C@@H](O)[C@H](C)[C@@H]1O[C@@H]([C@@H](CC)C(=O)O)CC[C@@H]1C)[C@H]1O[C@]2(C=C[C@@H](OC(C)=O)[C@]3(CC[C@@](C)([C@H]4CC[C@](O)(CC)[C@H](C)O4)O3)O2)[C@H](C)C[C@@H]1C. The number of aliphatic hydroxyl groups is 2. The Bertz CT molecular complexity index is 1440. The third-order valence-electron chi connectivity index (χ3n) is 14.7. The quantitative estimate of drug-likeness (QED) is 0.133. The molecule has 4 saturated heterocycles. The van der Waals surface area contributed by atoms with Crippen molar-refractivity contribution < 1.29 is 58.1 Å². The van der Waals surface area contributed by atoms with Crippen LogP contribution in [0.1, 0.15) is 140 Å². The minimum atomic E-state index is -1.38. The lowest BCUT2D eigenvalue weighted by molar-refractivity contribution is -0.409. The van der Waals surface area contributed by atoms with E-state index in [0.29, 0.717) is 57.8 Å². The van der Waals surface area contributed by atoms with Crippen molar-refractivity contribution in [2.45, 2.75) is 206 Å². The highest BCUT2D eigenvalue weighted by atomic mass is 16.8. The van der Waals surface area contributed by atoms with Crippen molar-refractivity contribution in [2.24, 2.45) is 41.4 Å². The fourth-order valence-electron chi connectivity index (χ4n) is 10.8. The molecule has 5 heterocycles. The summed E-state index contributed by atoms with van der Waals surface area (Å²) in [7, 11) is 0. The largest absolute Gasteiger partial charge is 0.481 e. The Kier molecular flexibility index (Phi) is 14.0. The van der Waals surface area contributed by atoms with Crippen molar-refractivity contribution in [1.29, 1.82) is 0 Å². The zero-order chi connectivity index (χ0) is 41.5. The number of aliphatic hydroxyl groups excluding tert-OH is 1. The molecule has 0 aromatic rings. The van der Waals surface area contributed by atoms with Crippen LogP contribution in [-0.4, -0.2) is 98.5 Å². The fraction of sp³-hybridized carbons (Fsp3) is 0.886. The molecule has 0 saturated carbocycles. The molecule has 5 aliphatic heterocycles. The van der Waals surface area contributed by atoms with Crippen molar-refractivity contribution in [3.63, 3.8) is 0 Å². The number of Topliss-reactive ketones (excluding diaryl/α,β-unsaturated/α-hetero) is 1. The molecule has 56 heavy (non-hydrogen) atoms. The van der Waals surface area contributed by atoms with Gasteiger partial charge in [-0.15, -0.1) is 0 Å². The van der Waals surface area contributed by atoms with Crippen LogP contribution in [0.15, 0.2) is 12.2 Å². The van der Waals surface area contributed by atoms with E-state index in [1.54, 1.807) is 6.92 Å². The first-order valence-corrected chi connectivity index (χ1v) is 21.6. The highest BCUT2D eigenvalue weighted by Crippen LogP contribution is 2.54. The number of carbonyl (C=O) groups is 3. The number of ketones is 1. The molecule has 0 aromatic carbocycles. The summed E-state index contributed by atoms with van der Waals surface area (Å²) in [5.74, 6) is -6.48. The van der Waals surface area contributed by atoms with Gasteiger partial charge in [0.15, 0.2) is 11.9 Å². The molecule has 0 radical (unpaired) electrons. The van der Waals surface area contributed by atoms with Crippen molar-refractivity contribution >= 4 is 17.7 Å². The van der Waals surface area contributed by atoms with Crippen LogP contribution in [0.3, 0.4) is 0 Å². The van der Waals surface area contributed by atoms with Crippen LogP contribution >= 0.6 is 0 Å². The zero-order valence-corrected chi connectivity index (χ0v) is 35.8. The third kappa shape index (κ3) is 8.54. The summed E-state index contributed by atoms with van der Waals surface area (Å²) in [6, 6.07) is 0. The van der Waals surface area contributed by atoms with E-state index >= 15 is 0 Å². The predicted molar refractivity (Wildman–Crippen MR) is 208 cm³/mol. The zero-order valence-electron chi connectivity index (χ0n) is 35.8. The van der Waals surface area contributed by atoms with E-state index in [9.17, 15) is 29.7 Å². The van der Waals surface area contributed by atoms with Gasteiger partial charge >= 0.3 is 11.9 Å². The topological polar surface area (TPSA) is 167 Å². The van der Waals surface area contributed by atoms with Gasteiger partial charge in [-0.05, 0) is 95.6 Å². The van der Waals surface area contributed by atoms with Gasteiger partial charge in [0.25, 0.3) is 0 Å². The molecule has 5 rings (SSSR count). The second-order valence-electron chi connectivity index (χ2n) is 18.5. The van der Waals surface area contributed by atoms with Gasteiger partial charge in [-0.3, -0.25) is 14.4 Å². The Morgan fingerprint density at radius 1 is 0.893 bits per heavy atom. The Labute approximate surface area is 334 Å². The molecule has 0 bridgehead atoms. The smallest absolute Gasteiger partial charge is 0.309 e. The number of rotatable bonds is 13. The molecule has 3 N–H and O–H groups in total.